The van der Waals surface area contributed by atoms with Gasteiger partial charge in [-0.15, -0.1) is 0 Å². The van der Waals surface area contributed by atoms with E-state index in [9.17, 15) is 4.79 Å². The van der Waals surface area contributed by atoms with Gasteiger partial charge in [0.2, 0.25) is 11.8 Å². The summed E-state index contributed by atoms with van der Waals surface area (Å²) in [5.74, 6) is 1.92. The maximum absolute atomic E-state index is 12.5. The number of nitrogens with zero attached hydrogens (tertiary/aromatic N) is 4. The van der Waals surface area contributed by atoms with Gasteiger partial charge in [0.25, 0.3) is 0 Å². The number of piperidine rings is 1. The van der Waals surface area contributed by atoms with Crippen LogP contribution in [0.15, 0.2) is 29.0 Å². The molecular weight excluding hydrogens is 292 g/mol. The number of likely N-dealkylation sites (tertiary alicyclic amines) is 1. The molecule has 6 heteroatoms. The van der Waals surface area contributed by atoms with Crippen molar-refractivity contribution in [1.82, 2.24) is 20.0 Å². The molecule has 23 heavy (non-hydrogen) atoms. The largest absolute Gasteiger partial charge is 0.342 e. The van der Waals surface area contributed by atoms with Gasteiger partial charge in [-0.25, -0.2) is 0 Å². The summed E-state index contributed by atoms with van der Waals surface area (Å²) in [6.07, 6.45) is 5.81. The summed E-state index contributed by atoms with van der Waals surface area (Å²) < 4.78 is 5.30. The van der Waals surface area contributed by atoms with Gasteiger partial charge >= 0.3 is 0 Å². The molecule has 1 unspecified atom stereocenters. The van der Waals surface area contributed by atoms with Crippen molar-refractivity contribution in [3.63, 3.8) is 0 Å². The van der Waals surface area contributed by atoms with Crippen LogP contribution < -0.4 is 0 Å². The van der Waals surface area contributed by atoms with Crippen molar-refractivity contribution in [3.8, 4) is 0 Å². The lowest BCUT2D eigenvalue weighted by molar-refractivity contribution is -0.131. The SMILES string of the molecule is CC(C)c1nc(C2CCCN(C(=O)Cc3cccnc3)C2)no1. The van der Waals surface area contributed by atoms with E-state index in [1.165, 1.54) is 0 Å². The summed E-state index contributed by atoms with van der Waals surface area (Å²) >= 11 is 0. The van der Waals surface area contributed by atoms with E-state index in [1.807, 2.05) is 30.9 Å². The van der Waals surface area contributed by atoms with E-state index in [4.69, 9.17) is 4.52 Å². The summed E-state index contributed by atoms with van der Waals surface area (Å²) in [6.45, 7) is 5.52. The van der Waals surface area contributed by atoms with Crippen molar-refractivity contribution >= 4 is 5.91 Å². The monoisotopic (exact) mass is 314 g/mol. The van der Waals surface area contributed by atoms with E-state index in [1.54, 1.807) is 12.4 Å². The molecule has 0 saturated carbocycles. The first-order chi connectivity index (χ1) is 11.1. The highest BCUT2D eigenvalue weighted by atomic mass is 16.5. The number of hydrogen-bond donors (Lipinski definition) is 0. The lowest BCUT2D eigenvalue weighted by Crippen LogP contribution is -2.40. The Bertz CT molecular complexity index is 654. The van der Waals surface area contributed by atoms with Crippen LogP contribution >= 0.6 is 0 Å². The average molecular weight is 314 g/mol. The summed E-state index contributed by atoms with van der Waals surface area (Å²) in [4.78, 5) is 22.9. The Morgan fingerprint density at radius 2 is 2.35 bits per heavy atom. The summed E-state index contributed by atoms with van der Waals surface area (Å²) in [5, 5.41) is 4.10. The van der Waals surface area contributed by atoms with Crippen LogP contribution in [0.3, 0.4) is 0 Å². The van der Waals surface area contributed by atoms with Crippen LogP contribution in [0.5, 0.6) is 0 Å². The molecule has 122 valence electrons. The standard InChI is InChI=1S/C17H22N4O2/c1-12(2)17-19-16(20-23-17)14-6-4-8-21(11-14)15(22)9-13-5-3-7-18-10-13/h3,5,7,10,12,14H,4,6,8-9,11H2,1-2H3. The molecule has 1 amide bonds. The zero-order chi connectivity index (χ0) is 16.2. The third-order valence-corrected chi connectivity index (χ3v) is 4.17. The first-order valence-corrected chi connectivity index (χ1v) is 8.13. The van der Waals surface area contributed by atoms with E-state index in [0.29, 0.717) is 18.9 Å². The quantitative estimate of drug-likeness (QED) is 0.867. The molecule has 3 heterocycles. The normalized spacial score (nSPS) is 18.4. The molecule has 1 saturated heterocycles. The third kappa shape index (κ3) is 3.75. The Labute approximate surface area is 135 Å². The van der Waals surface area contributed by atoms with Gasteiger partial charge in [-0.1, -0.05) is 25.1 Å². The van der Waals surface area contributed by atoms with Crippen LogP contribution in [0.4, 0.5) is 0 Å². The number of aromatic nitrogens is 3. The van der Waals surface area contributed by atoms with Crippen molar-refractivity contribution in [2.45, 2.75) is 44.9 Å². The van der Waals surface area contributed by atoms with Gasteiger partial charge in [0.05, 0.1) is 6.42 Å². The van der Waals surface area contributed by atoms with Gasteiger partial charge in [-0.3, -0.25) is 9.78 Å². The Hall–Kier alpha value is -2.24. The summed E-state index contributed by atoms with van der Waals surface area (Å²) in [7, 11) is 0. The van der Waals surface area contributed by atoms with Gasteiger partial charge in [-0.2, -0.15) is 4.98 Å². The molecule has 0 spiro atoms. The highest BCUT2D eigenvalue weighted by Gasteiger charge is 2.28. The van der Waals surface area contributed by atoms with E-state index < -0.39 is 0 Å². The van der Waals surface area contributed by atoms with Gasteiger partial charge in [0.15, 0.2) is 5.82 Å². The topological polar surface area (TPSA) is 72.1 Å². The molecule has 6 nitrogen and oxygen atoms in total. The average Bonchev–Trinajstić information content (AvgIpc) is 3.06. The van der Waals surface area contributed by atoms with Gasteiger partial charge in [-0.05, 0) is 24.5 Å². The van der Waals surface area contributed by atoms with Crippen LogP contribution in [0.25, 0.3) is 0 Å². The molecule has 0 radical (unpaired) electrons. The van der Waals surface area contributed by atoms with E-state index in [0.717, 1.165) is 30.8 Å². The maximum atomic E-state index is 12.5. The predicted molar refractivity (Wildman–Crippen MR) is 84.9 cm³/mol. The second kappa shape index (κ2) is 6.89. The molecule has 2 aromatic heterocycles. The van der Waals surface area contributed by atoms with Crippen LogP contribution in [0.1, 0.15) is 55.8 Å². The first kappa shape index (κ1) is 15.6. The number of carbonyl (C=O) groups excluding carboxylic acids is 1. The molecule has 0 aromatic carbocycles. The molecule has 1 atom stereocenters. The fraction of sp³-hybridized carbons (Fsp3) is 0.529. The minimum atomic E-state index is 0.135. The fourth-order valence-electron chi connectivity index (χ4n) is 2.85. The van der Waals surface area contributed by atoms with E-state index >= 15 is 0 Å². The Morgan fingerprint density at radius 1 is 1.48 bits per heavy atom. The van der Waals surface area contributed by atoms with Crippen LogP contribution in [0, 0.1) is 0 Å². The molecule has 1 aliphatic rings. The molecule has 0 bridgehead atoms. The fourth-order valence-corrected chi connectivity index (χ4v) is 2.85. The number of hydrogen-bond acceptors (Lipinski definition) is 5. The van der Waals surface area contributed by atoms with Gasteiger partial charge in [0.1, 0.15) is 0 Å². The molecular formula is C17H22N4O2. The zero-order valence-corrected chi connectivity index (χ0v) is 13.6. The number of amides is 1. The lowest BCUT2D eigenvalue weighted by Gasteiger charge is -2.31. The highest BCUT2D eigenvalue weighted by Crippen LogP contribution is 2.26. The van der Waals surface area contributed by atoms with Crippen molar-refractivity contribution in [2.24, 2.45) is 0 Å². The van der Waals surface area contributed by atoms with Crippen LogP contribution in [-0.4, -0.2) is 39.0 Å². The van der Waals surface area contributed by atoms with E-state index in [-0.39, 0.29) is 17.7 Å². The lowest BCUT2D eigenvalue weighted by atomic mass is 9.97. The van der Waals surface area contributed by atoms with Gasteiger partial charge in [0, 0.05) is 37.3 Å². The van der Waals surface area contributed by atoms with E-state index in [2.05, 4.69) is 15.1 Å². The van der Waals surface area contributed by atoms with Crippen LogP contribution in [0.2, 0.25) is 0 Å². The minimum absolute atomic E-state index is 0.135. The Morgan fingerprint density at radius 3 is 3.04 bits per heavy atom. The first-order valence-electron chi connectivity index (χ1n) is 8.13. The second-order valence-corrected chi connectivity index (χ2v) is 6.36. The number of pyridine rings is 1. The Balaban J connectivity index is 1.64. The predicted octanol–water partition coefficient (Wildman–Crippen LogP) is 2.54. The second-order valence-electron chi connectivity index (χ2n) is 6.36. The highest BCUT2D eigenvalue weighted by molar-refractivity contribution is 5.78. The van der Waals surface area contributed by atoms with Crippen LogP contribution in [-0.2, 0) is 11.2 Å². The molecule has 0 aliphatic carbocycles. The molecule has 3 rings (SSSR count). The minimum Gasteiger partial charge on any atom is -0.342 e. The van der Waals surface area contributed by atoms with Crippen molar-refractivity contribution < 1.29 is 9.32 Å². The summed E-state index contributed by atoms with van der Waals surface area (Å²) in [6, 6.07) is 3.79. The zero-order valence-electron chi connectivity index (χ0n) is 13.6. The summed E-state index contributed by atoms with van der Waals surface area (Å²) in [5.41, 5.74) is 0.946. The van der Waals surface area contributed by atoms with Gasteiger partial charge < -0.3 is 9.42 Å². The smallest absolute Gasteiger partial charge is 0.229 e. The van der Waals surface area contributed by atoms with Crippen molar-refractivity contribution in [2.75, 3.05) is 13.1 Å². The van der Waals surface area contributed by atoms with Crippen molar-refractivity contribution in [1.29, 1.82) is 0 Å². The number of rotatable bonds is 4. The third-order valence-electron chi connectivity index (χ3n) is 4.17. The van der Waals surface area contributed by atoms with Crippen molar-refractivity contribution in [3.05, 3.63) is 41.8 Å². The molecule has 2 aromatic rings. The Kier molecular flexibility index (Phi) is 4.69. The molecule has 1 aliphatic heterocycles. The number of carbonyl (C=O) groups is 1. The molecule has 0 N–H and O–H groups in total. The maximum Gasteiger partial charge on any atom is 0.229 e. The molecule has 1 fully saturated rings.